The van der Waals surface area contributed by atoms with Gasteiger partial charge in [-0.2, -0.15) is 0 Å². The van der Waals surface area contributed by atoms with Crippen LogP contribution in [-0.4, -0.2) is 32.8 Å². The monoisotopic (exact) mass is 348 g/mol. The summed E-state index contributed by atoms with van der Waals surface area (Å²) in [7, 11) is -1.65. The first-order valence-corrected chi connectivity index (χ1v) is 9.73. The van der Waals surface area contributed by atoms with E-state index in [9.17, 15) is 8.42 Å². The Bertz CT molecular complexity index is 716. The van der Waals surface area contributed by atoms with Crippen LogP contribution in [0.1, 0.15) is 36.9 Å². The van der Waals surface area contributed by atoms with Gasteiger partial charge in [-0.25, -0.2) is 13.1 Å². The highest BCUT2D eigenvalue weighted by Crippen LogP contribution is 2.24. The van der Waals surface area contributed by atoms with Crippen LogP contribution in [0.2, 0.25) is 0 Å². The van der Waals surface area contributed by atoms with E-state index < -0.39 is 10.0 Å². The zero-order valence-corrected chi connectivity index (χ0v) is 14.9. The smallest absolute Gasteiger partial charge is 0.211 e. The highest BCUT2D eigenvalue weighted by Gasteiger charge is 2.19. The highest BCUT2D eigenvalue weighted by molar-refractivity contribution is 7.89. The fourth-order valence-electron chi connectivity index (χ4n) is 2.43. The molecule has 1 aromatic carbocycles. The van der Waals surface area contributed by atoms with E-state index in [1.165, 1.54) is 0 Å². The van der Waals surface area contributed by atoms with Gasteiger partial charge in [0.25, 0.3) is 0 Å². The Hall–Kier alpha value is -1.92. The lowest BCUT2D eigenvalue weighted by Gasteiger charge is -2.18. The third-order valence-corrected chi connectivity index (χ3v) is 5.27. The van der Waals surface area contributed by atoms with Gasteiger partial charge in [0.1, 0.15) is 5.75 Å². The molecule has 1 unspecified atom stereocenters. The lowest BCUT2D eigenvalue weighted by Crippen LogP contribution is -2.31. The Morgan fingerprint density at radius 1 is 1.17 bits per heavy atom. The van der Waals surface area contributed by atoms with Crippen molar-refractivity contribution in [3.63, 3.8) is 0 Å². The summed E-state index contributed by atoms with van der Waals surface area (Å²) >= 11 is 0. The standard InChI is InChI=1S/C18H24N2O3S/c1-3-4-13-24(21,22)20-14-17(18-7-5-6-12-19-18)15-8-10-16(23-2)11-9-15/h5-12,17,20H,3-4,13-14H2,1-2H3. The van der Waals surface area contributed by atoms with E-state index >= 15 is 0 Å². The molecule has 1 atom stereocenters. The molecule has 0 bridgehead atoms. The number of aromatic nitrogens is 1. The number of pyridine rings is 1. The molecule has 0 aliphatic rings. The maximum Gasteiger partial charge on any atom is 0.211 e. The molecule has 2 rings (SSSR count). The summed E-state index contributed by atoms with van der Waals surface area (Å²) in [6.45, 7) is 2.26. The summed E-state index contributed by atoms with van der Waals surface area (Å²) in [5.74, 6) is 0.775. The Kier molecular flexibility index (Phi) is 6.75. The molecule has 2 aromatic rings. The van der Waals surface area contributed by atoms with Crippen molar-refractivity contribution in [1.82, 2.24) is 9.71 Å². The van der Waals surface area contributed by atoms with Gasteiger partial charge in [0.2, 0.25) is 10.0 Å². The fraction of sp³-hybridized carbons (Fsp3) is 0.389. The van der Waals surface area contributed by atoms with Crippen molar-refractivity contribution in [2.45, 2.75) is 25.7 Å². The van der Waals surface area contributed by atoms with E-state index in [1.807, 2.05) is 49.4 Å². The van der Waals surface area contributed by atoms with E-state index in [0.29, 0.717) is 6.42 Å². The van der Waals surface area contributed by atoms with Crippen molar-refractivity contribution in [1.29, 1.82) is 0 Å². The van der Waals surface area contributed by atoms with E-state index in [4.69, 9.17) is 4.74 Å². The number of ether oxygens (including phenoxy) is 1. The van der Waals surface area contributed by atoms with E-state index in [-0.39, 0.29) is 18.2 Å². The van der Waals surface area contributed by atoms with Crippen LogP contribution in [0.4, 0.5) is 0 Å². The molecule has 0 saturated heterocycles. The average molecular weight is 348 g/mol. The number of nitrogens with one attached hydrogen (secondary N) is 1. The predicted molar refractivity (Wildman–Crippen MR) is 95.8 cm³/mol. The van der Waals surface area contributed by atoms with Gasteiger partial charge in [-0.3, -0.25) is 4.98 Å². The molecular weight excluding hydrogens is 324 g/mol. The third-order valence-electron chi connectivity index (χ3n) is 3.84. The molecule has 0 saturated carbocycles. The van der Waals surface area contributed by atoms with Crippen molar-refractivity contribution in [3.05, 3.63) is 59.9 Å². The van der Waals surface area contributed by atoms with Crippen molar-refractivity contribution >= 4 is 10.0 Å². The van der Waals surface area contributed by atoms with Gasteiger partial charge in [0.05, 0.1) is 12.9 Å². The Morgan fingerprint density at radius 2 is 1.92 bits per heavy atom. The molecular formula is C18H24N2O3S. The number of hydrogen-bond donors (Lipinski definition) is 1. The minimum Gasteiger partial charge on any atom is -0.497 e. The van der Waals surface area contributed by atoms with Gasteiger partial charge in [-0.15, -0.1) is 0 Å². The summed E-state index contributed by atoms with van der Waals surface area (Å²) < 4.78 is 32.1. The van der Waals surface area contributed by atoms with Crippen LogP contribution in [0.15, 0.2) is 48.7 Å². The van der Waals surface area contributed by atoms with Crippen LogP contribution < -0.4 is 9.46 Å². The van der Waals surface area contributed by atoms with Crippen LogP contribution in [0.25, 0.3) is 0 Å². The first kappa shape index (κ1) is 18.4. The molecule has 0 radical (unpaired) electrons. The molecule has 6 heteroatoms. The van der Waals surface area contributed by atoms with Gasteiger partial charge >= 0.3 is 0 Å². The first-order valence-electron chi connectivity index (χ1n) is 8.08. The fourth-order valence-corrected chi connectivity index (χ4v) is 3.66. The second-order valence-corrected chi connectivity index (χ2v) is 7.53. The minimum absolute atomic E-state index is 0.145. The molecule has 0 spiro atoms. The van der Waals surface area contributed by atoms with Crippen molar-refractivity contribution in [2.75, 3.05) is 19.4 Å². The quantitative estimate of drug-likeness (QED) is 0.756. The van der Waals surface area contributed by atoms with E-state index in [2.05, 4.69) is 9.71 Å². The van der Waals surface area contributed by atoms with Crippen molar-refractivity contribution in [3.8, 4) is 5.75 Å². The van der Waals surface area contributed by atoms with Crippen LogP contribution in [0, 0.1) is 0 Å². The second kappa shape index (κ2) is 8.80. The normalized spacial score (nSPS) is 12.8. The SMILES string of the molecule is CCCCS(=O)(=O)NCC(c1ccc(OC)cc1)c1ccccn1. The molecule has 0 aliphatic carbocycles. The third kappa shape index (κ3) is 5.32. The lowest BCUT2D eigenvalue weighted by molar-refractivity contribution is 0.414. The number of unbranched alkanes of at least 4 members (excludes halogenated alkanes) is 1. The van der Waals surface area contributed by atoms with Crippen LogP contribution >= 0.6 is 0 Å². The summed E-state index contributed by atoms with van der Waals surface area (Å²) in [4.78, 5) is 4.39. The maximum atomic E-state index is 12.1. The van der Waals surface area contributed by atoms with Crippen LogP contribution in [0.3, 0.4) is 0 Å². The molecule has 0 aliphatic heterocycles. The van der Waals surface area contributed by atoms with Crippen LogP contribution in [-0.2, 0) is 10.0 Å². The predicted octanol–water partition coefficient (Wildman–Crippen LogP) is 2.94. The highest BCUT2D eigenvalue weighted by atomic mass is 32.2. The van der Waals surface area contributed by atoms with Crippen molar-refractivity contribution < 1.29 is 13.2 Å². The number of nitrogens with zero attached hydrogens (tertiary/aromatic N) is 1. The molecule has 1 heterocycles. The molecule has 24 heavy (non-hydrogen) atoms. The zero-order valence-electron chi connectivity index (χ0n) is 14.1. The lowest BCUT2D eigenvalue weighted by atomic mass is 9.95. The number of rotatable bonds is 9. The van der Waals surface area contributed by atoms with Crippen LogP contribution in [0.5, 0.6) is 5.75 Å². The second-order valence-electron chi connectivity index (χ2n) is 5.60. The largest absolute Gasteiger partial charge is 0.497 e. The summed E-state index contributed by atoms with van der Waals surface area (Å²) in [6, 6.07) is 13.3. The maximum absolute atomic E-state index is 12.1. The molecule has 1 N–H and O–H groups in total. The number of hydrogen-bond acceptors (Lipinski definition) is 4. The summed E-state index contributed by atoms with van der Waals surface area (Å²) in [5, 5.41) is 0. The summed E-state index contributed by atoms with van der Waals surface area (Å²) in [5.41, 5.74) is 1.83. The van der Waals surface area contributed by atoms with Gasteiger partial charge in [-0.1, -0.05) is 31.5 Å². The number of methoxy groups -OCH3 is 1. The molecule has 1 aromatic heterocycles. The van der Waals surface area contributed by atoms with Gasteiger partial charge in [0, 0.05) is 24.4 Å². The summed E-state index contributed by atoms with van der Waals surface area (Å²) in [6.07, 6.45) is 3.23. The van der Waals surface area contributed by atoms with Gasteiger partial charge < -0.3 is 4.74 Å². The Labute approximate surface area is 144 Å². The Morgan fingerprint density at radius 3 is 2.50 bits per heavy atom. The number of sulfonamides is 1. The topological polar surface area (TPSA) is 68.3 Å². The minimum atomic E-state index is -3.27. The number of benzene rings is 1. The van der Waals surface area contributed by atoms with Crippen molar-refractivity contribution in [2.24, 2.45) is 0 Å². The van der Waals surface area contributed by atoms with Gasteiger partial charge in [0.15, 0.2) is 0 Å². The molecule has 130 valence electrons. The molecule has 0 fully saturated rings. The van der Waals surface area contributed by atoms with E-state index in [0.717, 1.165) is 23.4 Å². The zero-order chi connectivity index (χ0) is 17.4. The molecule has 5 nitrogen and oxygen atoms in total. The van der Waals surface area contributed by atoms with Gasteiger partial charge in [-0.05, 0) is 36.2 Å². The Balaban J connectivity index is 2.20. The molecule has 0 amide bonds. The first-order chi connectivity index (χ1) is 11.6. The average Bonchev–Trinajstić information content (AvgIpc) is 2.61. The van der Waals surface area contributed by atoms with E-state index in [1.54, 1.807) is 13.3 Å².